The Kier molecular flexibility index (Phi) is 6.34. The average Bonchev–Trinajstić information content (AvgIpc) is 2.54. The second kappa shape index (κ2) is 8.47. The van der Waals surface area contributed by atoms with Crippen molar-refractivity contribution in [3.63, 3.8) is 0 Å². The molecular weight excluding hydrogens is 316 g/mol. The maximum atomic E-state index is 11.9. The monoisotopic (exact) mass is 340 g/mol. The van der Waals surface area contributed by atoms with Gasteiger partial charge in [0.1, 0.15) is 11.5 Å². The van der Waals surface area contributed by atoms with Crippen LogP contribution in [0.3, 0.4) is 0 Å². The lowest BCUT2D eigenvalue weighted by molar-refractivity contribution is -0.136. The predicted octanol–water partition coefficient (Wildman–Crippen LogP) is 4.60. The van der Waals surface area contributed by atoms with E-state index in [1.165, 1.54) is 0 Å². The van der Waals surface area contributed by atoms with Crippen molar-refractivity contribution >= 4 is 11.9 Å². The highest BCUT2D eigenvalue weighted by molar-refractivity contribution is 5.75. The molecule has 2 aromatic carbocycles. The number of hydrogen-bond donors (Lipinski definition) is 0. The minimum atomic E-state index is -0.345. The van der Waals surface area contributed by atoms with Crippen LogP contribution in [0.15, 0.2) is 36.4 Å². The summed E-state index contributed by atoms with van der Waals surface area (Å²) in [5.74, 6) is 0.376. The topological polar surface area (TPSA) is 52.6 Å². The van der Waals surface area contributed by atoms with Crippen molar-refractivity contribution in [3.8, 4) is 11.5 Å². The zero-order chi connectivity index (χ0) is 18.4. The molecule has 0 unspecified atom stereocenters. The summed E-state index contributed by atoms with van der Waals surface area (Å²) < 4.78 is 10.6. The number of esters is 2. The number of benzene rings is 2. The first kappa shape index (κ1) is 18.7. The van der Waals surface area contributed by atoms with Crippen molar-refractivity contribution in [1.29, 1.82) is 0 Å². The van der Waals surface area contributed by atoms with Crippen LogP contribution in [0.25, 0.3) is 0 Å². The van der Waals surface area contributed by atoms with E-state index in [-0.39, 0.29) is 24.8 Å². The van der Waals surface area contributed by atoms with Crippen LogP contribution < -0.4 is 9.47 Å². The van der Waals surface area contributed by atoms with Gasteiger partial charge in [0.15, 0.2) is 0 Å². The molecule has 0 saturated heterocycles. The summed E-state index contributed by atoms with van der Waals surface area (Å²) in [4.78, 5) is 23.7. The van der Waals surface area contributed by atoms with Gasteiger partial charge in [0, 0.05) is 12.8 Å². The highest BCUT2D eigenvalue weighted by Gasteiger charge is 2.10. The Morgan fingerprint density at radius 3 is 1.44 bits per heavy atom. The molecule has 4 nitrogen and oxygen atoms in total. The van der Waals surface area contributed by atoms with Gasteiger partial charge in [0.2, 0.25) is 0 Å². The highest BCUT2D eigenvalue weighted by atomic mass is 16.5. The summed E-state index contributed by atoms with van der Waals surface area (Å²) in [5, 5.41) is 0. The van der Waals surface area contributed by atoms with Gasteiger partial charge in [-0.25, -0.2) is 0 Å². The Morgan fingerprint density at radius 1 is 0.680 bits per heavy atom. The largest absolute Gasteiger partial charge is 0.427 e. The fourth-order valence-corrected chi connectivity index (χ4v) is 2.30. The second-order valence-electron chi connectivity index (χ2n) is 6.29. The average molecular weight is 340 g/mol. The molecule has 0 heterocycles. The van der Waals surface area contributed by atoms with Gasteiger partial charge in [-0.05, 0) is 80.6 Å². The van der Waals surface area contributed by atoms with Gasteiger partial charge in [-0.1, -0.05) is 12.1 Å². The molecule has 0 N–H and O–H groups in total. The maximum absolute atomic E-state index is 11.9. The molecule has 0 fully saturated rings. The Bertz CT molecular complexity index is 712. The van der Waals surface area contributed by atoms with E-state index in [1.807, 2.05) is 52.0 Å². The summed E-state index contributed by atoms with van der Waals surface area (Å²) in [5.41, 5.74) is 4.44. The quantitative estimate of drug-likeness (QED) is 0.569. The number of ether oxygens (including phenoxy) is 2. The summed E-state index contributed by atoms with van der Waals surface area (Å²) >= 11 is 0. The fourth-order valence-electron chi connectivity index (χ4n) is 2.30. The third-order valence-electron chi connectivity index (χ3n) is 4.18. The Balaban J connectivity index is 1.75. The Morgan fingerprint density at radius 2 is 1.08 bits per heavy atom. The first-order valence-corrected chi connectivity index (χ1v) is 8.41. The zero-order valence-corrected chi connectivity index (χ0v) is 15.2. The van der Waals surface area contributed by atoms with Crippen molar-refractivity contribution in [2.24, 2.45) is 0 Å². The summed E-state index contributed by atoms with van der Waals surface area (Å²) in [7, 11) is 0. The van der Waals surface area contributed by atoms with Crippen LogP contribution in [-0.4, -0.2) is 11.9 Å². The smallest absolute Gasteiger partial charge is 0.311 e. The van der Waals surface area contributed by atoms with Crippen LogP contribution in [0.5, 0.6) is 11.5 Å². The third kappa shape index (κ3) is 5.75. The Labute approximate surface area is 148 Å². The van der Waals surface area contributed by atoms with E-state index in [2.05, 4.69) is 0 Å². The normalized spacial score (nSPS) is 10.4. The van der Waals surface area contributed by atoms with Crippen LogP contribution >= 0.6 is 0 Å². The van der Waals surface area contributed by atoms with Crippen LogP contribution in [0.1, 0.15) is 41.5 Å². The van der Waals surface area contributed by atoms with Gasteiger partial charge < -0.3 is 9.47 Å². The van der Waals surface area contributed by atoms with E-state index >= 15 is 0 Å². The number of rotatable bonds is 6. The van der Waals surface area contributed by atoms with E-state index < -0.39 is 0 Å². The molecule has 0 saturated carbocycles. The number of carbonyl (C=O) groups excluding carboxylic acids is 2. The van der Waals surface area contributed by atoms with Crippen LogP contribution in [0.4, 0.5) is 0 Å². The van der Waals surface area contributed by atoms with Crippen molar-refractivity contribution in [2.45, 2.75) is 47.0 Å². The third-order valence-corrected chi connectivity index (χ3v) is 4.18. The minimum absolute atomic E-state index is 0.176. The van der Waals surface area contributed by atoms with Gasteiger partial charge in [-0.3, -0.25) is 9.59 Å². The highest BCUT2D eigenvalue weighted by Crippen LogP contribution is 2.18. The van der Waals surface area contributed by atoms with Crippen LogP contribution in [0, 0.1) is 27.7 Å². The Hall–Kier alpha value is -2.62. The van der Waals surface area contributed by atoms with Crippen LogP contribution in [-0.2, 0) is 9.59 Å². The van der Waals surface area contributed by atoms with Crippen molar-refractivity contribution in [2.75, 3.05) is 0 Å². The van der Waals surface area contributed by atoms with E-state index in [1.54, 1.807) is 12.1 Å². The van der Waals surface area contributed by atoms with E-state index in [4.69, 9.17) is 9.47 Å². The molecule has 0 bridgehead atoms. The standard InChI is InChI=1S/C21H24O4/c1-14-8-10-18(12-16(14)3)24-20(22)6-5-7-21(23)25-19-11-9-15(2)17(4)13-19/h8-13H,5-7H2,1-4H3. The van der Waals surface area contributed by atoms with Gasteiger partial charge in [0.05, 0.1) is 0 Å². The van der Waals surface area contributed by atoms with Crippen molar-refractivity contribution < 1.29 is 19.1 Å². The lowest BCUT2D eigenvalue weighted by Gasteiger charge is -2.08. The molecule has 0 amide bonds. The summed E-state index contributed by atoms with van der Waals surface area (Å²) in [6.07, 6.45) is 0.747. The molecule has 0 aromatic heterocycles. The van der Waals surface area contributed by atoms with Gasteiger partial charge in [0.25, 0.3) is 0 Å². The van der Waals surface area contributed by atoms with Gasteiger partial charge in [-0.2, -0.15) is 0 Å². The minimum Gasteiger partial charge on any atom is -0.427 e. The SMILES string of the molecule is Cc1ccc(OC(=O)CCCC(=O)Oc2ccc(C)c(C)c2)cc1C. The summed E-state index contributed by atoms with van der Waals surface area (Å²) in [6.45, 7) is 7.94. The molecule has 0 aliphatic carbocycles. The number of aryl methyl sites for hydroxylation is 4. The predicted molar refractivity (Wildman–Crippen MR) is 97.0 cm³/mol. The second-order valence-corrected chi connectivity index (χ2v) is 6.29. The van der Waals surface area contributed by atoms with E-state index in [9.17, 15) is 9.59 Å². The first-order chi connectivity index (χ1) is 11.8. The molecule has 25 heavy (non-hydrogen) atoms. The molecule has 0 aliphatic heterocycles. The van der Waals surface area contributed by atoms with E-state index in [0.29, 0.717) is 17.9 Å². The molecule has 132 valence electrons. The molecule has 2 aromatic rings. The molecule has 0 radical (unpaired) electrons. The van der Waals surface area contributed by atoms with Gasteiger partial charge >= 0.3 is 11.9 Å². The molecular formula is C21H24O4. The number of hydrogen-bond acceptors (Lipinski definition) is 4. The van der Waals surface area contributed by atoms with Crippen molar-refractivity contribution in [3.05, 3.63) is 58.7 Å². The lowest BCUT2D eigenvalue weighted by Crippen LogP contribution is -2.11. The summed E-state index contributed by atoms with van der Waals surface area (Å²) in [6, 6.07) is 11.0. The molecule has 2 rings (SSSR count). The lowest BCUT2D eigenvalue weighted by atomic mass is 10.1. The van der Waals surface area contributed by atoms with Crippen LogP contribution in [0.2, 0.25) is 0 Å². The van der Waals surface area contributed by atoms with E-state index in [0.717, 1.165) is 22.3 Å². The first-order valence-electron chi connectivity index (χ1n) is 8.41. The van der Waals surface area contributed by atoms with Gasteiger partial charge in [-0.15, -0.1) is 0 Å². The molecule has 4 heteroatoms. The maximum Gasteiger partial charge on any atom is 0.311 e. The fraction of sp³-hybridized carbons (Fsp3) is 0.333. The molecule has 0 spiro atoms. The molecule has 0 aliphatic rings. The molecule has 0 atom stereocenters. The number of carbonyl (C=O) groups is 2. The zero-order valence-electron chi connectivity index (χ0n) is 15.2. The van der Waals surface area contributed by atoms with Crippen molar-refractivity contribution in [1.82, 2.24) is 0 Å².